The van der Waals surface area contributed by atoms with Crippen LogP contribution in [-0.4, -0.2) is 34.4 Å². The molecule has 0 radical (unpaired) electrons. The Morgan fingerprint density at radius 3 is 2.86 bits per heavy atom. The van der Waals surface area contributed by atoms with Crippen molar-refractivity contribution in [1.82, 2.24) is 15.0 Å². The second-order valence-electron chi connectivity index (χ2n) is 6.22. The first-order chi connectivity index (χ1) is 14.0. The highest BCUT2D eigenvalue weighted by Gasteiger charge is 2.14. The van der Waals surface area contributed by atoms with Gasteiger partial charge < -0.3 is 15.4 Å². The highest BCUT2D eigenvalue weighted by Crippen LogP contribution is 2.28. The van der Waals surface area contributed by atoms with E-state index in [-0.39, 0.29) is 11.9 Å². The number of allylic oxidation sites excluding steroid dienone is 1. The lowest BCUT2D eigenvalue weighted by atomic mass is 10.2. The number of hydrogen-bond acceptors (Lipinski definition) is 7. The Morgan fingerprint density at radius 1 is 1.34 bits per heavy atom. The predicted octanol–water partition coefficient (Wildman–Crippen LogP) is 4.78. The summed E-state index contributed by atoms with van der Waals surface area (Å²) in [5.74, 6) is 2.10. The molecule has 0 saturated carbocycles. The van der Waals surface area contributed by atoms with Crippen LogP contribution in [0.5, 0.6) is 0 Å². The van der Waals surface area contributed by atoms with Crippen molar-refractivity contribution in [3.8, 4) is 0 Å². The Balaban J connectivity index is 1.87. The highest BCUT2D eigenvalue weighted by molar-refractivity contribution is 7.16. The Morgan fingerprint density at radius 2 is 2.17 bits per heavy atom. The van der Waals surface area contributed by atoms with Gasteiger partial charge in [0, 0.05) is 13.1 Å². The van der Waals surface area contributed by atoms with Gasteiger partial charge in [-0.3, -0.25) is 9.98 Å². The van der Waals surface area contributed by atoms with Crippen LogP contribution in [-0.2, 0) is 4.74 Å². The first-order valence-corrected chi connectivity index (χ1v) is 10.1. The molecular weight excluding hydrogens is 391 g/mol. The Labute approximate surface area is 172 Å². The molecule has 0 bridgehead atoms. The number of nitrogens with zero attached hydrogens (tertiary/aromatic N) is 4. The summed E-state index contributed by atoms with van der Waals surface area (Å²) in [5.41, 5.74) is 0.696. The molecule has 3 rings (SSSR count). The van der Waals surface area contributed by atoms with Gasteiger partial charge in [0.05, 0.1) is 35.7 Å². The summed E-state index contributed by atoms with van der Waals surface area (Å²) >= 11 is 1.52. The van der Waals surface area contributed by atoms with E-state index >= 15 is 0 Å². The molecule has 3 aromatic heterocycles. The summed E-state index contributed by atoms with van der Waals surface area (Å²) in [5, 5.41) is 9.35. The number of pyridine rings is 1. The van der Waals surface area contributed by atoms with Crippen molar-refractivity contribution in [3.05, 3.63) is 53.1 Å². The van der Waals surface area contributed by atoms with Crippen molar-refractivity contribution < 1.29 is 9.13 Å². The number of halogens is 1. The number of aliphatic imine (C=N–C) groups is 1. The van der Waals surface area contributed by atoms with E-state index in [1.54, 1.807) is 13.1 Å². The third kappa shape index (κ3) is 5.26. The van der Waals surface area contributed by atoms with Crippen LogP contribution in [0.15, 0.2) is 46.6 Å². The first-order valence-electron chi connectivity index (χ1n) is 9.18. The molecular formula is C20H23FN6OS. The maximum atomic E-state index is 13.1. The lowest BCUT2D eigenvalue weighted by Crippen LogP contribution is -2.15. The molecule has 0 fully saturated rings. The third-order valence-electron chi connectivity index (χ3n) is 4.06. The van der Waals surface area contributed by atoms with Gasteiger partial charge in [-0.05, 0) is 44.4 Å². The zero-order valence-electron chi connectivity index (χ0n) is 16.7. The van der Waals surface area contributed by atoms with Crippen molar-refractivity contribution in [1.29, 1.82) is 0 Å². The van der Waals surface area contributed by atoms with Crippen LogP contribution >= 0.6 is 11.3 Å². The molecule has 7 nitrogen and oxygen atoms in total. The molecule has 1 atom stereocenters. The fourth-order valence-corrected chi connectivity index (χ4v) is 3.43. The lowest BCUT2D eigenvalue weighted by molar-refractivity contribution is 0.232. The van der Waals surface area contributed by atoms with Crippen molar-refractivity contribution in [2.24, 2.45) is 4.99 Å². The smallest absolute Gasteiger partial charge is 0.226 e. The summed E-state index contributed by atoms with van der Waals surface area (Å²) in [7, 11) is 1.70. The largest absolute Gasteiger partial charge is 0.498 e. The average Bonchev–Trinajstić information content (AvgIpc) is 3.17. The van der Waals surface area contributed by atoms with Crippen molar-refractivity contribution >= 4 is 39.2 Å². The number of ether oxygens (including phenoxy) is 1. The molecule has 0 saturated heterocycles. The fourth-order valence-electron chi connectivity index (χ4n) is 2.67. The van der Waals surface area contributed by atoms with E-state index in [2.05, 4.69) is 30.6 Å². The number of fused-ring (bicyclic) bond motifs is 1. The topological polar surface area (TPSA) is 84.3 Å². The standard InChI is InChI=1S/C20H23FN6OS/c1-5-28-12(2)10-17(22-4)25-18-15-8-9-29-19(15)27-20(26-18)24-13(3)16-7-6-14(21)11-23-16/h6-11,13H,5H2,1-4H3,(H2,22,24,25,26,27)/b12-10+/t13-/m0/s1. The molecule has 0 unspecified atom stereocenters. The highest BCUT2D eigenvalue weighted by atomic mass is 32.1. The Bertz CT molecular complexity index is 1030. The van der Waals surface area contributed by atoms with Crippen LogP contribution in [0.2, 0.25) is 0 Å². The summed E-state index contributed by atoms with van der Waals surface area (Å²) in [4.78, 5) is 18.4. The summed E-state index contributed by atoms with van der Waals surface area (Å²) in [6.45, 7) is 6.32. The van der Waals surface area contributed by atoms with Gasteiger partial charge in [0.2, 0.25) is 5.95 Å². The van der Waals surface area contributed by atoms with Crippen molar-refractivity contribution in [3.63, 3.8) is 0 Å². The number of hydrogen-bond donors (Lipinski definition) is 2. The number of thiophene rings is 1. The molecule has 0 aliphatic rings. The van der Waals surface area contributed by atoms with Gasteiger partial charge >= 0.3 is 0 Å². The van der Waals surface area contributed by atoms with Gasteiger partial charge in [0.1, 0.15) is 22.3 Å². The van der Waals surface area contributed by atoms with Gasteiger partial charge in [-0.25, -0.2) is 9.37 Å². The van der Waals surface area contributed by atoms with Crippen molar-refractivity contribution in [2.45, 2.75) is 26.8 Å². The van der Waals surface area contributed by atoms with Crippen molar-refractivity contribution in [2.75, 3.05) is 24.3 Å². The average molecular weight is 415 g/mol. The molecule has 0 amide bonds. The molecule has 29 heavy (non-hydrogen) atoms. The molecule has 3 aromatic rings. The van der Waals surface area contributed by atoms with Crippen LogP contribution in [0.4, 0.5) is 16.2 Å². The van der Waals surface area contributed by atoms with Crippen LogP contribution in [0.1, 0.15) is 32.5 Å². The van der Waals surface area contributed by atoms with Crippen LogP contribution < -0.4 is 10.6 Å². The Hall–Kier alpha value is -3.07. The van der Waals surface area contributed by atoms with E-state index in [1.165, 1.54) is 23.6 Å². The molecule has 3 heterocycles. The maximum Gasteiger partial charge on any atom is 0.226 e. The number of aromatic nitrogens is 3. The lowest BCUT2D eigenvalue weighted by Gasteiger charge is -2.15. The van der Waals surface area contributed by atoms with Gasteiger partial charge in [-0.1, -0.05) is 0 Å². The van der Waals surface area contributed by atoms with Crippen LogP contribution in [0.25, 0.3) is 10.2 Å². The van der Waals surface area contributed by atoms with E-state index in [9.17, 15) is 4.39 Å². The number of rotatable bonds is 7. The number of anilines is 2. The zero-order chi connectivity index (χ0) is 20.8. The van der Waals surface area contributed by atoms with Gasteiger partial charge in [0.15, 0.2) is 0 Å². The van der Waals surface area contributed by atoms with E-state index in [0.29, 0.717) is 29.9 Å². The summed E-state index contributed by atoms with van der Waals surface area (Å²) in [6, 6.07) is 4.79. The minimum atomic E-state index is -0.370. The minimum Gasteiger partial charge on any atom is -0.498 e. The minimum absolute atomic E-state index is 0.194. The molecule has 152 valence electrons. The maximum absolute atomic E-state index is 13.1. The molecule has 0 aliphatic carbocycles. The normalized spacial score (nSPS) is 13.4. The predicted molar refractivity (Wildman–Crippen MR) is 116 cm³/mol. The summed E-state index contributed by atoms with van der Waals surface area (Å²) in [6.07, 6.45) is 3.02. The number of amidine groups is 1. The van der Waals surface area contributed by atoms with E-state index in [0.717, 1.165) is 16.0 Å². The fraction of sp³-hybridized carbons (Fsp3) is 0.300. The van der Waals surface area contributed by atoms with Gasteiger partial charge in [-0.15, -0.1) is 11.3 Å². The SMILES string of the molecule is CCO/C(C)=C/C(=NC)Nc1nc(N[C@@H](C)c2ccc(F)cn2)nc2sccc12. The van der Waals surface area contributed by atoms with E-state index in [1.807, 2.05) is 38.3 Å². The van der Waals surface area contributed by atoms with E-state index < -0.39 is 0 Å². The summed E-state index contributed by atoms with van der Waals surface area (Å²) < 4.78 is 18.6. The molecule has 0 aliphatic heterocycles. The van der Waals surface area contributed by atoms with Crippen LogP contribution in [0, 0.1) is 5.82 Å². The van der Waals surface area contributed by atoms with Crippen LogP contribution in [0.3, 0.4) is 0 Å². The van der Waals surface area contributed by atoms with Gasteiger partial charge in [-0.2, -0.15) is 4.98 Å². The number of nitrogens with one attached hydrogen (secondary N) is 2. The zero-order valence-corrected chi connectivity index (χ0v) is 17.5. The first kappa shape index (κ1) is 20.7. The van der Waals surface area contributed by atoms with Gasteiger partial charge in [0.25, 0.3) is 0 Å². The second-order valence-corrected chi connectivity index (χ2v) is 7.12. The molecule has 9 heteroatoms. The molecule has 0 aromatic carbocycles. The Kier molecular flexibility index (Phi) is 6.71. The van der Waals surface area contributed by atoms with E-state index in [4.69, 9.17) is 4.74 Å². The molecule has 0 spiro atoms. The quantitative estimate of drug-likeness (QED) is 0.329. The second kappa shape index (κ2) is 9.42. The third-order valence-corrected chi connectivity index (χ3v) is 4.87. The monoisotopic (exact) mass is 414 g/mol. The molecule has 2 N–H and O–H groups in total.